The van der Waals surface area contributed by atoms with E-state index in [1.54, 1.807) is 0 Å². The highest BCUT2D eigenvalue weighted by molar-refractivity contribution is 6.01. The van der Waals surface area contributed by atoms with Crippen LogP contribution in [0.5, 0.6) is 28.7 Å². The molecule has 0 bridgehead atoms. The van der Waals surface area contributed by atoms with Gasteiger partial charge in [-0.1, -0.05) is 6.07 Å². The Bertz CT molecular complexity index is 1010. The van der Waals surface area contributed by atoms with Crippen molar-refractivity contribution < 1.29 is 49.6 Å². The summed E-state index contributed by atoms with van der Waals surface area (Å²) >= 11 is 0. The van der Waals surface area contributed by atoms with Gasteiger partial charge in [-0.15, -0.1) is 0 Å². The third-order valence-corrected chi connectivity index (χ3v) is 5.45. The van der Waals surface area contributed by atoms with Gasteiger partial charge >= 0.3 is 0 Å². The van der Waals surface area contributed by atoms with Crippen molar-refractivity contribution in [1.82, 2.24) is 0 Å². The van der Waals surface area contributed by atoms with Gasteiger partial charge in [0.15, 0.2) is 28.8 Å². The van der Waals surface area contributed by atoms with Gasteiger partial charge in [0, 0.05) is 0 Å². The monoisotopic (exact) mass is 434 g/mol. The molecule has 6 atom stereocenters. The van der Waals surface area contributed by atoms with Crippen LogP contribution in [0.15, 0.2) is 30.3 Å². The Morgan fingerprint density at radius 2 is 1.71 bits per heavy atom. The van der Waals surface area contributed by atoms with E-state index in [2.05, 4.69) is 0 Å². The van der Waals surface area contributed by atoms with E-state index in [-0.39, 0.29) is 40.8 Å². The molecule has 2 aromatic rings. The molecule has 10 heteroatoms. The highest BCUT2D eigenvalue weighted by Crippen LogP contribution is 2.46. The van der Waals surface area contributed by atoms with E-state index in [0.717, 1.165) is 0 Å². The first kappa shape index (κ1) is 21.2. The van der Waals surface area contributed by atoms with Crippen molar-refractivity contribution in [3.05, 3.63) is 41.5 Å². The number of aliphatic hydroxyl groups excluding tert-OH is 3. The van der Waals surface area contributed by atoms with Gasteiger partial charge in [-0.25, -0.2) is 0 Å². The number of phenolic OH excluding ortho intramolecular Hbond substituents is 3. The molecule has 0 spiro atoms. The maximum atomic E-state index is 12.6. The molecule has 166 valence electrons. The number of hydrogen-bond donors (Lipinski definition) is 6. The lowest BCUT2D eigenvalue weighted by molar-refractivity contribution is -0.268. The fourth-order valence-electron chi connectivity index (χ4n) is 3.61. The van der Waals surface area contributed by atoms with Crippen LogP contribution < -0.4 is 9.47 Å². The van der Waals surface area contributed by atoms with Gasteiger partial charge in [-0.2, -0.15) is 0 Å². The van der Waals surface area contributed by atoms with Crippen LogP contribution in [0.2, 0.25) is 0 Å². The van der Waals surface area contributed by atoms with E-state index in [4.69, 9.17) is 14.2 Å². The number of aliphatic hydroxyl groups is 3. The van der Waals surface area contributed by atoms with Gasteiger partial charge in [0.05, 0.1) is 18.1 Å². The fraction of sp³-hybridized carbons (Fsp3) is 0.381. The summed E-state index contributed by atoms with van der Waals surface area (Å²) in [7, 11) is 0. The number of carbonyl (C=O) groups is 1. The molecule has 0 amide bonds. The number of fused-ring (bicyclic) bond motifs is 1. The van der Waals surface area contributed by atoms with Gasteiger partial charge in [0.1, 0.15) is 24.4 Å². The minimum atomic E-state index is -1.59. The van der Waals surface area contributed by atoms with Crippen molar-refractivity contribution in [2.75, 3.05) is 0 Å². The number of phenols is 3. The summed E-state index contributed by atoms with van der Waals surface area (Å²) in [6, 6.07) is 6.70. The first-order valence-corrected chi connectivity index (χ1v) is 9.61. The SMILES string of the molecule is C[C@@H]1O[C@@H](Oc2ccc3c(c2O)O[C@H](c2ccc(O)c(O)c2)CC3=O)[C@H](O)[C@H](O)[C@H]1O. The van der Waals surface area contributed by atoms with Crippen molar-refractivity contribution >= 4 is 5.78 Å². The van der Waals surface area contributed by atoms with Crippen LogP contribution in [0.25, 0.3) is 0 Å². The molecule has 6 N–H and O–H groups in total. The fourth-order valence-corrected chi connectivity index (χ4v) is 3.61. The van der Waals surface area contributed by atoms with E-state index in [0.29, 0.717) is 5.56 Å². The molecular formula is C21H22O10. The van der Waals surface area contributed by atoms with Crippen LogP contribution in [0.4, 0.5) is 0 Å². The number of carbonyl (C=O) groups excluding carboxylic acids is 1. The highest BCUT2D eigenvalue weighted by atomic mass is 16.7. The predicted octanol–water partition coefficient (Wildman–Crippen LogP) is 0.716. The maximum absolute atomic E-state index is 12.6. The molecule has 2 aromatic carbocycles. The van der Waals surface area contributed by atoms with Gasteiger partial charge in [-0.3, -0.25) is 4.79 Å². The van der Waals surface area contributed by atoms with E-state index in [1.807, 2.05) is 0 Å². The van der Waals surface area contributed by atoms with E-state index in [9.17, 15) is 35.4 Å². The smallest absolute Gasteiger partial charge is 0.229 e. The molecule has 0 radical (unpaired) electrons. The molecule has 2 aliphatic rings. The topological polar surface area (TPSA) is 166 Å². The maximum Gasteiger partial charge on any atom is 0.229 e. The van der Waals surface area contributed by atoms with E-state index in [1.165, 1.54) is 37.3 Å². The first-order chi connectivity index (χ1) is 14.7. The average Bonchev–Trinajstić information content (AvgIpc) is 2.74. The minimum Gasteiger partial charge on any atom is -0.504 e. The second-order valence-corrected chi connectivity index (χ2v) is 7.57. The number of Topliss-reactive ketones (excluding diaryl/α,β-unsaturated/α-hetero) is 1. The summed E-state index contributed by atoms with van der Waals surface area (Å²) < 4.78 is 16.7. The van der Waals surface area contributed by atoms with Crippen LogP contribution in [0.1, 0.15) is 35.4 Å². The van der Waals surface area contributed by atoms with Crippen molar-refractivity contribution in [2.24, 2.45) is 0 Å². The van der Waals surface area contributed by atoms with Crippen LogP contribution in [-0.4, -0.2) is 67.1 Å². The molecule has 1 saturated heterocycles. The van der Waals surface area contributed by atoms with Crippen molar-refractivity contribution in [3.8, 4) is 28.7 Å². The molecule has 2 aliphatic heterocycles. The van der Waals surface area contributed by atoms with Gasteiger partial charge in [0.25, 0.3) is 0 Å². The third kappa shape index (κ3) is 3.74. The van der Waals surface area contributed by atoms with E-state index < -0.39 is 42.6 Å². The summed E-state index contributed by atoms with van der Waals surface area (Å²) in [5.41, 5.74) is 0.537. The molecule has 10 nitrogen and oxygen atoms in total. The minimum absolute atomic E-state index is 0.0527. The Kier molecular flexibility index (Phi) is 5.40. The number of ether oxygens (including phenoxy) is 3. The molecule has 0 aliphatic carbocycles. The Hall–Kier alpha value is -3.05. The van der Waals surface area contributed by atoms with Crippen LogP contribution in [0.3, 0.4) is 0 Å². The van der Waals surface area contributed by atoms with E-state index >= 15 is 0 Å². The Balaban J connectivity index is 1.61. The molecular weight excluding hydrogens is 412 g/mol. The summed E-state index contributed by atoms with van der Waals surface area (Å²) in [4.78, 5) is 12.6. The zero-order valence-electron chi connectivity index (χ0n) is 16.4. The molecule has 31 heavy (non-hydrogen) atoms. The number of aromatic hydroxyl groups is 3. The quantitative estimate of drug-likeness (QED) is 0.379. The number of rotatable bonds is 3. The zero-order chi connectivity index (χ0) is 22.4. The molecule has 0 saturated carbocycles. The van der Waals surface area contributed by atoms with Crippen molar-refractivity contribution in [2.45, 2.75) is 50.2 Å². The summed E-state index contributed by atoms with van der Waals surface area (Å²) in [5.74, 6) is -1.84. The summed E-state index contributed by atoms with van der Waals surface area (Å²) in [5, 5.41) is 59.7. The van der Waals surface area contributed by atoms with Crippen molar-refractivity contribution in [3.63, 3.8) is 0 Å². The number of ketones is 1. The lowest BCUT2D eigenvalue weighted by atomic mass is 9.95. The van der Waals surface area contributed by atoms with Crippen LogP contribution in [0, 0.1) is 0 Å². The highest BCUT2D eigenvalue weighted by Gasteiger charge is 2.43. The molecule has 0 aromatic heterocycles. The molecule has 0 unspecified atom stereocenters. The van der Waals surface area contributed by atoms with Crippen molar-refractivity contribution in [1.29, 1.82) is 0 Å². The molecule has 1 fully saturated rings. The normalized spacial score (nSPS) is 30.4. The van der Waals surface area contributed by atoms with Crippen LogP contribution in [-0.2, 0) is 4.74 Å². The molecule has 2 heterocycles. The predicted molar refractivity (Wildman–Crippen MR) is 103 cm³/mol. The van der Waals surface area contributed by atoms with Crippen LogP contribution >= 0.6 is 0 Å². The third-order valence-electron chi connectivity index (χ3n) is 5.45. The lowest BCUT2D eigenvalue weighted by Crippen LogP contribution is -2.58. The van der Waals surface area contributed by atoms with Gasteiger partial charge < -0.3 is 44.8 Å². The summed E-state index contributed by atoms with van der Waals surface area (Å²) in [6.45, 7) is 1.49. The summed E-state index contributed by atoms with van der Waals surface area (Å²) in [6.07, 6.45) is -7.52. The standard InChI is InChI=1S/C21H22O10/c1-8-16(25)18(27)19(28)21(29-8)31-14-5-3-10-12(23)7-15(30-20(10)17(14)26)9-2-4-11(22)13(24)6-9/h2-6,8,15-16,18-19,21-22,24-28H,7H2,1H3/t8-,15-,16-,18+,19+,21-/m0/s1. The Morgan fingerprint density at radius 3 is 2.42 bits per heavy atom. The van der Waals surface area contributed by atoms with Gasteiger partial charge in [0.2, 0.25) is 12.0 Å². The number of hydrogen-bond acceptors (Lipinski definition) is 10. The average molecular weight is 434 g/mol. The lowest BCUT2D eigenvalue weighted by Gasteiger charge is -2.39. The molecule has 4 rings (SSSR count). The zero-order valence-corrected chi connectivity index (χ0v) is 16.4. The number of benzene rings is 2. The second kappa shape index (κ2) is 7.89. The van der Waals surface area contributed by atoms with Gasteiger partial charge in [-0.05, 0) is 36.8 Å². The first-order valence-electron chi connectivity index (χ1n) is 9.61. The Morgan fingerprint density at radius 1 is 0.968 bits per heavy atom. The second-order valence-electron chi connectivity index (χ2n) is 7.57. The Labute approximate surface area is 176 Å². The largest absolute Gasteiger partial charge is 0.504 e.